The van der Waals surface area contributed by atoms with Gasteiger partial charge in [-0.05, 0) is 57.4 Å². The van der Waals surface area contributed by atoms with Crippen LogP contribution in [0.5, 0.6) is 0 Å². The standard InChI is InChI=1S/C22H32ClN3O6.C6H12O.C3H7NO.C2H4O.CH4O.CHO.Na/c1-2-26(8-7-21(31)25-12-16(28)10-19(29)20(30)13-27)22(32)6-3-14-11-24-18-5-4-15(23)9-17(14)18;1-3-4-5-6(2)7;1-3(5)4-2;1-2-3;2*1-2;/h4-5,9,11,16,19-20,24,27-30H,2-3,6-8,10,12-13H2,1H3,(H,25,31);3-5H2,1-2H3;1-2H3,(H,4,5);2H,1H3;2H,1H3;1H;/q;;;;;-1;+1. The molecule has 1 aromatic carbocycles. The second kappa shape index (κ2) is 39.5. The molecule has 0 saturated heterocycles. The van der Waals surface area contributed by atoms with Crippen molar-refractivity contribution in [2.45, 2.75) is 97.9 Å². The summed E-state index contributed by atoms with van der Waals surface area (Å²) in [5, 5.41) is 51.0. The maximum atomic E-state index is 12.6. The number of nitrogens with zero attached hydrogens (tertiary/aromatic N) is 1. The Morgan fingerprint density at radius 2 is 1.58 bits per heavy atom. The van der Waals surface area contributed by atoms with Crippen molar-refractivity contribution in [1.82, 2.24) is 20.5 Å². The molecule has 15 nitrogen and oxygen atoms in total. The molecule has 3 unspecified atom stereocenters. The zero-order valence-electron chi connectivity index (χ0n) is 32.0. The number of aldehydes is 1. The molecule has 0 bridgehead atoms. The largest absolute Gasteiger partial charge is 1.00 e. The fourth-order valence-corrected chi connectivity index (χ4v) is 4.01. The van der Waals surface area contributed by atoms with E-state index in [1.807, 2.05) is 25.3 Å². The average molecular weight is 771 g/mol. The van der Waals surface area contributed by atoms with Gasteiger partial charge in [-0.3, -0.25) is 21.2 Å². The summed E-state index contributed by atoms with van der Waals surface area (Å²) in [6.45, 7) is 11.7. The first-order valence-corrected chi connectivity index (χ1v) is 16.8. The van der Waals surface area contributed by atoms with Crippen molar-refractivity contribution in [2.24, 2.45) is 0 Å². The van der Waals surface area contributed by atoms with Crippen LogP contribution in [0.2, 0.25) is 5.02 Å². The van der Waals surface area contributed by atoms with Crippen molar-refractivity contribution in [3.8, 4) is 0 Å². The van der Waals surface area contributed by atoms with Crippen LogP contribution in [0.1, 0.15) is 78.7 Å². The number of amides is 3. The molecule has 3 atom stereocenters. The zero-order chi connectivity index (χ0) is 40.4. The van der Waals surface area contributed by atoms with E-state index in [1.165, 1.54) is 13.8 Å². The van der Waals surface area contributed by atoms with Crippen molar-refractivity contribution in [3.05, 3.63) is 35.0 Å². The molecule has 0 radical (unpaired) electrons. The molecular formula is C35H60ClN4NaO11. The number of aliphatic hydroxyl groups is 5. The van der Waals surface area contributed by atoms with E-state index in [2.05, 4.69) is 29.3 Å². The van der Waals surface area contributed by atoms with Gasteiger partial charge in [-0.1, -0.05) is 24.9 Å². The third kappa shape index (κ3) is 32.0. The smallest absolute Gasteiger partial charge is 0.545 e. The molecule has 2 aromatic rings. The van der Waals surface area contributed by atoms with E-state index < -0.39 is 24.9 Å². The van der Waals surface area contributed by atoms with Crippen LogP contribution in [0, 0.1) is 0 Å². The maximum absolute atomic E-state index is 12.6. The van der Waals surface area contributed by atoms with Gasteiger partial charge in [0.05, 0.1) is 18.8 Å². The summed E-state index contributed by atoms with van der Waals surface area (Å²) in [6.07, 6.45) is 2.63. The summed E-state index contributed by atoms with van der Waals surface area (Å²) >= 11 is 6.07. The van der Waals surface area contributed by atoms with Gasteiger partial charge in [-0.15, -0.1) is 0 Å². The van der Waals surface area contributed by atoms with Crippen LogP contribution in [0.15, 0.2) is 24.4 Å². The number of H-pyrrole nitrogens is 1. The molecule has 294 valence electrons. The first-order chi connectivity index (χ1) is 24.2. The van der Waals surface area contributed by atoms with Crippen LogP contribution in [-0.4, -0.2) is 131 Å². The van der Waals surface area contributed by atoms with Crippen LogP contribution in [0.4, 0.5) is 0 Å². The molecule has 2 rings (SSSR count). The Morgan fingerprint density at radius 1 is 1.02 bits per heavy atom. The molecule has 0 aliphatic carbocycles. The van der Waals surface area contributed by atoms with Gasteiger partial charge in [-0.25, -0.2) is 0 Å². The Morgan fingerprint density at radius 3 is 2.02 bits per heavy atom. The quantitative estimate of drug-likeness (QED) is 0.0563. The summed E-state index contributed by atoms with van der Waals surface area (Å²) in [5.74, 6) is -0.0801. The Kier molecular flexibility index (Phi) is 44.5. The molecule has 17 heteroatoms. The van der Waals surface area contributed by atoms with Gasteiger partial charge >= 0.3 is 29.6 Å². The van der Waals surface area contributed by atoms with E-state index in [0.717, 1.165) is 49.1 Å². The first-order valence-electron chi connectivity index (χ1n) is 16.4. The number of aliphatic hydroxyl groups excluding tert-OH is 5. The molecule has 0 aliphatic rings. The van der Waals surface area contributed by atoms with E-state index in [0.29, 0.717) is 30.2 Å². The number of Topliss-reactive ketones (excluding diaryl/α,β-unsaturated/α-hetero) is 1. The third-order valence-corrected chi connectivity index (χ3v) is 6.83. The van der Waals surface area contributed by atoms with Gasteiger partial charge in [0.2, 0.25) is 17.7 Å². The number of carbonyl (C=O) groups is 5. The number of unbranched alkanes of at least 4 members (excludes halogenated alkanes) is 1. The molecule has 0 spiro atoms. The summed E-state index contributed by atoms with van der Waals surface area (Å²) in [7, 11) is 2.60. The molecular weight excluding hydrogens is 711 g/mol. The van der Waals surface area contributed by atoms with E-state index in [4.69, 9.17) is 31.4 Å². The second-order valence-corrected chi connectivity index (χ2v) is 11.0. The number of halogens is 1. The molecule has 8 N–H and O–H groups in total. The van der Waals surface area contributed by atoms with E-state index in [-0.39, 0.29) is 73.2 Å². The summed E-state index contributed by atoms with van der Waals surface area (Å²) in [6, 6.07) is 5.57. The number of nitrogens with one attached hydrogen (secondary N) is 3. The molecule has 0 fully saturated rings. The second-order valence-electron chi connectivity index (χ2n) is 10.6. The van der Waals surface area contributed by atoms with E-state index >= 15 is 0 Å². The number of hydrogen-bond donors (Lipinski definition) is 8. The topological polar surface area (TPSA) is 247 Å². The number of fused-ring (bicyclic) bond motifs is 1. The van der Waals surface area contributed by atoms with Crippen LogP contribution in [0.25, 0.3) is 10.9 Å². The summed E-state index contributed by atoms with van der Waals surface area (Å²) in [4.78, 5) is 65.9. The molecule has 1 aromatic heterocycles. The molecule has 3 amide bonds. The third-order valence-electron chi connectivity index (χ3n) is 6.59. The fourth-order valence-electron chi connectivity index (χ4n) is 3.84. The molecule has 52 heavy (non-hydrogen) atoms. The van der Waals surface area contributed by atoms with Gasteiger partial charge in [0, 0.05) is 88.5 Å². The van der Waals surface area contributed by atoms with Crippen LogP contribution in [-0.2, 0) is 35.2 Å². The van der Waals surface area contributed by atoms with Gasteiger partial charge in [0.15, 0.2) is 0 Å². The van der Waals surface area contributed by atoms with Gasteiger partial charge in [0.25, 0.3) is 0 Å². The minimum absolute atomic E-state index is 0. The van der Waals surface area contributed by atoms with Crippen molar-refractivity contribution in [2.75, 3.05) is 40.4 Å². The minimum atomic E-state index is -1.34. The number of aryl methyl sites for hydroxylation is 1. The minimum Gasteiger partial charge on any atom is -0.545 e. The average Bonchev–Trinajstić information content (AvgIpc) is 3.53. The zero-order valence-corrected chi connectivity index (χ0v) is 34.7. The van der Waals surface area contributed by atoms with Crippen molar-refractivity contribution in [1.29, 1.82) is 0 Å². The number of rotatable bonds is 16. The SMILES string of the molecule is CC=O.CCCCC(C)=O.CCN(CCC(=O)NCC(O)CC(O)C(O)CO)C(=O)CCc1c[nH]c2ccc(Cl)cc12.CNC(C)=O.CO.[CH-]=O.[Na+]. The Bertz CT molecular complexity index is 1220. The number of hydrogen-bond acceptors (Lipinski definition) is 11. The molecule has 0 saturated carbocycles. The monoisotopic (exact) mass is 770 g/mol. The maximum Gasteiger partial charge on any atom is 1.00 e. The van der Waals surface area contributed by atoms with Crippen molar-refractivity contribution < 1.29 is 83.9 Å². The Balaban J connectivity index is -0.000000305. The first kappa shape index (κ1) is 58.6. The predicted molar refractivity (Wildman–Crippen MR) is 198 cm³/mol. The van der Waals surface area contributed by atoms with Crippen LogP contribution in [0.3, 0.4) is 0 Å². The van der Waals surface area contributed by atoms with E-state index in [9.17, 15) is 34.5 Å². The Hall–Kier alpha value is -2.73. The van der Waals surface area contributed by atoms with Crippen LogP contribution < -0.4 is 40.2 Å². The summed E-state index contributed by atoms with van der Waals surface area (Å²) < 4.78 is 0. The van der Waals surface area contributed by atoms with Crippen molar-refractivity contribution in [3.63, 3.8) is 0 Å². The van der Waals surface area contributed by atoms with Crippen LogP contribution >= 0.6 is 11.6 Å². The number of carbonyl (C=O) groups excluding carboxylic acids is 6. The van der Waals surface area contributed by atoms with Gasteiger partial charge < -0.3 is 60.4 Å². The number of ketones is 1. The van der Waals surface area contributed by atoms with Crippen molar-refractivity contribution >= 4 is 59.1 Å². The fraction of sp³-hybridized carbons (Fsp3) is 0.600. The number of benzene rings is 1. The van der Waals surface area contributed by atoms with Gasteiger partial charge in [0.1, 0.15) is 18.2 Å². The number of aromatic nitrogens is 1. The van der Waals surface area contributed by atoms with Gasteiger partial charge in [-0.2, -0.15) is 0 Å². The molecule has 0 aliphatic heterocycles. The Labute approximate surface area is 335 Å². The number of aromatic amines is 1. The van der Waals surface area contributed by atoms with E-state index in [1.54, 1.807) is 24.9 Å². The predicted octanol–water partition coefficient (Wildman–Crippen LogP) is -1.36. The normalized spacial score (nSPS) is 11.0. The molecule has 1 heterocycles. The summed E-state index contributed by atoms with van der Waals surface area (Å²) in [5.41, 5.74) is 1.97.